The molecule has 1 aliphatic rings. The number of pyridine rings is 1. The number of H-pyrrole nitrogens is 1. The summed E-state index contributed by atoms with van der Waals surface area (Å²) in [5.74, 6) is -2.20. The summed E-state index contributed by atoms with van der Waals surface area (Å²) in [6.07, 6.45) is 6.27. The molecule has 3 heterocycles. The molecule has 1 aliphatic heterocycles. The highest BCUT2D eigenvalue weighted by atomic mass is 16.5. The number of fused-ring (bicyclic) bond motifs is 1. The number of ketones is 1. The van der Waals surface area contributed by atoms with Crippen molar-refractivity contribution in [2.24, 2.45) is 0 Å². The van der Waals surface area contributed by atoms with E-state index in [1.807, 2.05) is 30.5 Å². The number of Topliss-reactive ketones (excluding diaryl/α,β-unsaturated/α-hetero) is 1. The van der Waals surface area contributed by atoms with Crippen LogP contribution in [0.2, 0.25) is 0 Å². The highest BCUT2D eigenvalue weighted by Crippen LogP contribution is 2.39. The lowest BCUT2D eigenvalue weighted by molar-refractivity contribution is -0.139. The van der Waals surface area contributed by atoms with Gasteiger partial charge in [-0.2, -0.15) is 0 Å². The normalized spacial score (nSPS) is 16.9. The minimum absolute atomic E-state index is 0.00378. The summed E-state index contributed by atoms with van der Waals surface area (Å²) in [4.78, 5) is 47.1. The van der Waals surface area contributed by atoms with Gasteiger partial charge < -0.3 is 19.7 Å². The molecule has 37 heavy (non-hydrogen) atoms. The van der Waals surface area contributed by atoms with Crippen LogP contribution in [0.25, 0.3) is 16.7 Å². The number of aliphatic hydroxyl groups excluding tert-OH is 1. The molecule has 8 nitrogen and oxygen atoms in total. The van der Waals surface area contributed by atoms with Crippen molar-refractivity contribution in [2.45, 2.75) is 18.9 Å². The van der Waals surface area contributed by atoms with E-state index in [9.17, 15) is 19.5 Å². The summed E-state index contributed by atoms with van der Waals surface area (Å²) in [5, 5.41) is 12.2. The lowest BCUT2D eigenvalue weighted by Crippen LogP contribution is -2.31. The number of amides is 1. The van der Waals surface area contributed by atoms with Gasteiger partial charge >= 0.3 is 5.97 Å². The number of aryl methyl sites for hydroxylation is 1. The van der Waals surface area contributed by atoms with E-state index >= 15 is 0 Å². The fourth-order valence-corrected chi connectivity index (χ4v) is 4.81. The van der Waals surface area contributed by atoms with Crippen molar-refractivity contribution in [3.63, 3.8) is 0 Å². The predicted octanol–water partition coefficient (Wildman–Crippen LogP) is 4.40. The molecular weight excluding hydrogens is 470 g/mol. The Kier molecular flexibility index (Phi) is 6.55. The minimum Gasteiger partial charge on any atom is -0.507 e. The fraction of sp³-hybridized carbons (Fsp3) is 0.172. The summed E-state index contributed by atoms with van der Waals surface area (Å²) in [7, 11) is 1.30. The Balaban J connectivity index is 1.49. The maximum absolute atomic E-state index is 13.2. The maximum Gasteiger partial charge on any atom is 0.337 e. The van der Waals surface area contributed by atoms with Crippen molar-refractivity contribution in [1.29, 1.82) is 0 Å². The third-order valence-electron chi connectivity index (χ3n) is 6.64. The van der Waals surface area contributed by atoms with Gasteiger partial charge in [0.15, 0.2) is 0 Å². The van der Waals surface area contributed by atoms with Crippen molar-refractivity contribution in [3.05, 3.63) is 107 Å². The number of nitrogens with zero attached hydrogens (tertiary/aromatic N) is 2. The number of aromatic nitrogens is 2. The van der Waals surface area contributed by atoms with Gasteiger partial charge in [-0.3, -0.25) is 14.6 Å². The monoisotopic (exact) mass is 495 g/mol. The molecule has 8 heteroatoms. The van der Waals surface area contributed by atoms with E-state index < -0.39 is 23.7 Å². The number of carbonyl (C=O) groups is 3. The third kappa shape index (κ3) is 4.49. The summed E-state index contributed by atoms with van der Waals surface area (Å²) in [6.45, 7) is 0.303. The molecule has 0 saturated carbocycles. The van der Waals surface area contributed by atoms with Gasteiger partial charge in [-0.1, -0.05) is 30.3 Å². The first-order valence-electron chi connectivity index (χ1n) is 11.9. The van der Waals surface area contributed by atoms with Crippen LogP contribution in [-0.4, -0.2) is 51.3 Å². The van der Waals surface area contributed by atoms with Crippen molar-refractivity contribution in [3.8, 4) is 0 Å². The zero-order valence-electron chi connectivity index (χ0n) is 20.2. The number of carbonyl (C=O) groups excluding carboxylic acids is 3. The molecule has 4 aromatic rings. The van der Waals surface area contributed by atoms with Crippen LogP contribution in [0.1, 0.15) is 39.5 Å². The van der Waals surface area contributed by atoms with Crippen molar-refractivity contribution < 1.29 is 24.2 Å². The number of rotatable bonds is 7. The predicted molar refractivity (Wildman–Crippen MR) is 138 cm³/mol. The van der Waals surface area contributed by atoms with Crippen LogP contribution in [0.15, 0.2) is 84.8 Å². The van der Waals surface area contributed by atoms with Gasteiger partial charge in [-0.25, -0.2) is 4.79 Å². The Morgan fingerprint density at radius 2 is 1.84 bits per heavy atom. The molecule has 2 aromatic carbocycles. The largest absolute Gasteiger partial charge is 0.507 e. The van der Waals surface area contributed by atoms with E-state index in [2.05, 4.69) is 9.97 Å². The highest BCUT2D eigenvalue weighted by Gasteiger charge is 2.45. The Hall–Kier alpha value is -4.72. The Morgan fingerprint density at radius 1 is 1.05 bits per heavy atom. The topological polar surface area (TPSA) is 113 Å². The van der Waals surface area contributed by atoms with Crippen LogP contribution >= 0.6 is 0 Å². The molecule has 1 fully saturated rings. The number of ether oxygens (including phenoxy) is 1. The summed E-state index contributed by atoms with van der Waals surface area (Å²) >= 11 is 0. The number of para-hydroxylation sites is 1. The molecule has 0 radical (unpaired) electrons. The number of hydrogen-bond acceptors (Lipinski definition) is 6. The smallest absolute Gasteiger partial charge is 0.337 e. The van der Waals surface area contributed by atoms with Crippen molar-refractivity contribution in [2.75, 3.05) is 13.7 Å². The lowest BCUT2D eigenvalue weighted by Gasteiger charge is -2.25. The fourth-order valence-electron chi connectivity index (χ4n) is 4.81. The van der Waals surface area contributed by atoms with Crippen molar-refractivity contribution in [1.82, 2.24) is 14.9 Å². The zero-order valence-corrected chi connectivity index (χ0v) is 20.2. The number of hydrogen-bond donors (Lipinski definition) is 2. The Morgan fingerprint density at radius 3 is 2.57 bits per heavy atom. The molecule has 2 N–H and O–H groups in total. The highest BCUT2D eigenvalue weighted by molar-refractivity contribution is 6.46. The van der Waals surface area contributed by atoms with E-state index in [1.54, 1.807) is 42.6 Å². The Bertz CT molecular complexity index is 1510. The van der Waals surface area contributed by atoms with Crippen LogP contribution in [0.4, 0.5) is 0 Å². The van der Waals surface area contributed by atoms with Crippen LogP contribution in [0, 0.1) is 0 Å². The average molecular weight is 496 g/mol. The first-order valence-corrected chi connectivity index (χ1v) is 11.9. The van der Waals surface area contributed by atoms with E-state index in [1.165, 1.54) is 18.2 Å². The minimum atomic E-state index is -0.810. The van der Waals surface area contributed by atoms with Gasteiger partial charge in [0.1, 0.15) is 5.76 Å². The molecule has 5 rings (SSSR count). The van der Waals surface area contributed by atoms with Crippen LogP contribution in [0.3, 0.4) is 0 Å². The quantitative estimate of drug-likeness (QED) is 0.170. The standard InChI is InChI=1S/C29H25N3O5/c1-37-29(36)19-12-10-18(11-13-19)25-24(26(33)21-6-4-14-30-16-21)27(34)28(35)32(25)15-5-7-20-17-31-23-9-3-2-8-22(20)23/h2-4,6,8-14,16-17,25,31,33H,5,7,15H2,1H3/b26-24+. The van der Waals surface area contributed by atoms with Crippen LogP contribution in [-0.2, 0) is 20.7 Å². The lowest BCUT2D eigenvalue weighted by atomic mass is 9.95. The Labute approximate surface area is 213 Å². The second-order valence-electron chi connectivity index (χ2n) is 8.81. The van der Waals surface area contributed by atoms with Crippen LogP contribution in [0.5, 0.6) is 0 Å². The molecule has 0 spiro atoms. The SMILES string of the molecule is COC(=O)c1ccc(C2/C(=C(\O)c3cccnc3)C(=O)C(=O)N2CCCc2c[nH]c3ccccc23)cc1. The van der Waals surface area contributed by atoms with Gasteiger partial charge in [0.05, 0.1) is 24.3 Å². The van der Waals surface area contributed by atoms with Gasteiger partial charge in [0.25, 0.3) is 11.7 Å². The number of aliphatic hydroxyl groups is 1. The number of nitrogens with one attached hydrogen (secondary N) is 1. The maximum atomic E-state index is 13.2. The van der Waals surface area contributed by atoms with Crippen LogP contribution < -0.4 is 0 Å². The second-order valence-corrected chi connectivity index (χ2v) is 8.81. The van der Waals surface area contributed by atoms with E-state index in [0.29, 0.717) is 36.1 Å². The van der Waals surface area contributed by atoms with E-state index in [0.717, 1.165) is 16.5 Å². The first-order chi connectivity index (χ1) is 18.0. The molecular formula is C29H25N3O5. The van der Waals surface area contributed by atoms with Gasteiger partial charge in [-0.05, 0) is 54.3 Å². The number of likely N-dealkylation sites (tertiary alicyclic amines) is 1. The first kappa shape index (κ1) is 24.0. The number of aromatic amines is 1. The molecule has 0 aliphatic carbocycles. The summed E-state index contributed by atoms with van der Waals surface area (Å²) in [5.41, 5.74) is 3.45. The molecule has 1 amide bonds. The van der Waals surface area contributed by atoms with Gasteiger partial charge in [-0.15, -0.1) is 0 Å². The summed E-state index contributed by atoms with van der Waals surface area (Å²) < 4.78 is 4.78. The summed E-state index contributed by atoms with van der Waals surface area (Å²) in [6, 6.07) is 17.0. The van der Waals surface area contributed by atoms with Gasteiger partial charge in [0, 0.05) is 41.6 Å². The molecule has 1 unspecified atom stereocenters. The van der Waals surface area contributed by atoms with Crippen molar-refractivity contribution >= 4 is 34.3 Å². The number of methoxy groups -OCH3 is 1. The molecule has 0 bridgehead atoms. The molecule has 186 valence electrons. The van der Waals surface area contributed by atoms with E-state index in [-0.39, 0.29) is 11.3 Å². The zero-order chi connectivity index (χ0) is 25.9. The number of benzene rings is 2. The third-order valence-corrected chi connectivity index (χ3v) is 6.64. The van der Waals surface area contributed by atoms with E-state index in [4.69, 9.17) is 4.74 Å². The second kappa shape index (κ2) is 10.1. The molecule has 1 saturated heterocycles. The molecule has 1 atom stereocenters. The molecule has 2 aromatic heterocycles. The van der Waals surface area contributed by atoms with Gasteiger partial charge in [0.2, 0.25) is 0 Å². The number of esters is 1. The average Bonchev–Trinajstić information content (AvgIpc) is 3.47.